The predicted molar refractivity (Wildman–Crippen MR) is 142 cm³/mol. The lowest BCUT2D eigenvalue weighted by Gasteiger charge is -2.08. The van der Waals surface area contributed by atoms with Gasteiger partial charge in [-0.2, -0.15) is 0 Å². The number of benzene rings is 4. The van der Waals surface area contributed by atoms with Crippen LogP contribution in [0.15, 0.2) is 94.9 Å². The Bertz CT molecular complexity index is 1250. The van der Waals surface area contributed by atoms with Crippen LogP contribution in [0, 0.1) is 13.8 Å². The molecule has 0 radical (unpaired) electrons. The molecule has 0 atom stereocenters. The van der Waals surface area contributed by atoms with Crippen LogP contribution in [-0.2, 0) is 0 Å². The van der Waals surface area contributed by atoms with Gasteiger partial charge >= 0.3 is 0 Å². The van der Waals surface area contributed by atoms with Crippen molar-refractivity contribution < 1.29 is 9.47 Å². The highest BCUT2D eigenvalue weighted by Crippen LogP contribution is 2.30. The monoisotopic (exact) mass is 448 g/mol. The molecule has 4 aromatic rings. The fourth-order valence-corrected chi connectivity index (χ4v) is 3.69. The van der Waals surface area contributed by atoms with Gasteiger partial charge in [0.25, 0.3) is 0 Å². The molecule has 0 saturated heterocycles. The van der Waals surface area contributed by atoms with Crippen molar-refractivity contribution in [2.45, 2.75) is 13.8 Å². The molecule has 4 heteroatoms. The van der Waals surface area contributed by atoms with E-state index in [1.807, 2.05) is 61.0 Å². The molecule has 0 amide bonds. The summed E-state index contributed by atoms with van der Waals surface area (Å²) in [4.78, 5) is 9.35. The molecular weight excluding hydrogens is 420 g/mol. The molecule has 0 aliphatic heterocycles. The first-order valence-electron chi connectivity index (χ1n) is 11.1. The second-order valence-electron chi connectivity index (χ2n) is 8.07. The molecule has 0 aliphatic carbocycles. The second kappa shape index (κ2) is 10.6. The van der Waals surface area contributed by atoms with Crippen molar-refractivity contribution in [3.05, 3.63) is 107 Å². The maximum atomic E-state index is 5.29. The van der Waals surface area contributed by atoms with E-state index in [0.717, 1.165) is 56.3 Å². The Balaban J connectivity index is 1.52. The van der Waals surface area contributed by atoms with Crippen LogP contribution < -0.4 is 9.47 Å². The molecule has 34 heavy (non-hydrogen) atoms. The van der Waals surface area contributed by atoms with Crippen LogP contribution >= 0.6 is 0 Å². The summed E-state index contributed by atoms with van der Waals surface area (Å²) < 4.78 is 10.6. The summed E-state index contributed by atoms with van der Waals surface area (Å²) in [7, 11) is 3.33. The molecule has 0 spiro atoms. The van der Waals surface area contributed by atoms with Crippen molar-refractivity contribution in [1.82, 2.24) is 0 Å². The van der Waals surface area contributed by atoms with Crippen LogP contribution in [0.2, 0.25) is 0 Å². The van der Waals surface area contributed by atoms with Gasteiger partial charge in [0.05, 0.1) is 25.6 Å². The number of hydrogen-bond acceptors (Lipinski definition) is 4. The van der Waals surface area contributed by atoms with Gasteiger partial charge in [0.2, 0.25) is 0 Å². The smallest absolute Gasteiger partial charge is 0.119 e. The van der Waals surface area contributed by atoms with Crippen molar-refractivity contribution >= 4 is 23.8 Å². The third-order valence-corrected chi connectivity index (χ3v) is 5.62. The van der Waals surface area contributed by atoms with Gasteiger partial charge in [-0.1, -0.05) is 36.4 Å². The normalized spacial score (nSPS) is 11.3. The number of nitrogens with zero attached hydrogens (tertiary/aromatic N) is 2. The largest absolute Gasteiger partial charge is 0.497 e. The van der Waals surface area contributed by atoms with Crippen LogP contribution in [0.1, 0.15) is 22.3 Å². The van der Waals surface area contributed by atoms with E-state index in [1.54, 1.807) is 14.2 Å². The molecule has 0 fully saturated rings. The highest BCUT2D eigenvalue weighted by Gasteiger charge is 2.05. The van der Waals surface area contributed by atoms with Gasteiger partial charge in [0.1, 0.15) is 11.5 Å². The summed E-state index contributed by atoms with van der Waals surface area (Å²) in [5.41, 5.74) is 8.45. The molecule has 0 N–H and O–H groups in total. The molecule has 0 aromatic heterocycles. The molecular formula is C30H28N2O2. The van der Waals surface area contributed by atoms with E-state index in [-0.39, 0.29) is 0 Å². The summed E-state index contributed by atoms with van der Waals surface area (Å²) >= 11 is 0. The third kappa shape index (κ3) is 5.59. The van der Waals surface area contributed by atoms with Gasteiger partial charge in [0.15, 0.2) is 0 Å². The molecule has 4 nitrogen and oxygen atoms in total. The van der Waals surface area contributed by atoms with Crippen molar-refractivity contribution in [3.8, 4) is 22.6 Å². The predicted octanol–water partition coefficient (Wildman–Crippen LogP) is 7.49. The first kappa shape index (κ1) is 23.0. The van der Waals surface area contributed by atoms with Crippen molar-refractivity contribution in [1.29, 1.82) is 0 Å². The minimum absolute atomic E-state index is 0.822. The highest BCUT2D eigenvalue weighted by molar-refractivity contribution is 5.84. The van der Waals surface area contributed by atoms with Gasteiger partial charge in [-0.15, -0.1) is 0 Å². The number of methoxy groups -OCH3 is 2. The first-order chi connectivity index (χ1) is 16.6. The summed E-state index contributed by atoms with van der Waals surface area (Å²) in [5.74, 6) is 1.64. The maximum Gasteiger partial charge on any atom is 0.119 e. The van der Waals surface area contributed by atoms with Gasteiger partial charge in [0, 0.05) is 12.4 Å². The average molecular weight is 449 g/mol. The molecule has 0 saturated carbocycles. The minimum atomic E-state index is 0.822. The fraction of sp³-hybridized carbons (Fsp3) is 0.133. The summed E-state index contributed by atoms with van der Waals surface area (Å²) in [6, 6.07) is 28.4. The SMILES string of the molecule is COc1cccc(C=Nc2ccc(-c3ccc(N=Cc4cccc(OC)c4)c(C)c3)cc2C)c1. The number of ether oxygens (including phenoxy) is 2. The summed E-state index contributed by atoms with van der Waals surface area (Å²) in [6.45, 7) is 4.17. The zero-order valence-electron chi connectivity index (χ0n) is 19.9. The number of hydrogen-bond donors (Lipinski definition) is 0. The van der Waals surface area contributed by atoms with Crippen molar-refractivity contribution in [2.24, 2.45) is 9.98 Å². The minimum Gasteiger partial charge on any atom is -0.497 e. The topological polar surface area (TPSA) is 43.2 Å². The number of aryl methyl sites for hydroxylation is 2. The Labute approximate surface area is 201 Å². The highest BCUT2D eigenvalue weighted by atomic mass is 16.5. The molecule has 4 rings (SSSR count). The second-order valence-corrected chi connectivity index (χ2v) is 8.07. The van der Waals surface area contributed by atoms with E-state index in [4.69, 9.17) is 9.47 Å². The first-order valence-corrected chi connectivity index (χ1v) is 11.1. The van der Waals surface area contributed by atoms with E-state index in [2.05, 4.69) is 60.2 Å². The lowest BCUT2D eigenvalue weighted by Crippen LogP contribution is -1.87. The van der Waals surface area contributed by atoms with Gasteiger partial charge in [-0.05, 0) is 95.8 Å². The van der Waals surface area contributed by atoms with E-state index < -0.39 is 0 Å². The Kier molecular flexibility index (Phi) is 7.19. The van der Waals surface area contributed by atoms with Crippen LogP contribution in [0.3, 0.4) is 0 Å². The van der Waals surface area contributed by atoms with E-state index in [0.29, 0.717) is 0 Å². The Morgan fingerprint density at radius 1 is 0.559 bits per heavy atom. The number of aliphatic imine (C=N–C) groups is 2. The number of rotatable bonds is 7. The van der Waals surface area contributed by atoms with Crippen LogP contribution in [-0.4, -0.2) is 26.6 Å². The Morgan fingerprint density at radius 2 is 1.00 bits per heavy atom. The zero-order valence-corrected chi connectivity index (χ0v) is 19.9. The van der Waals surface area contributed by atoms with Crippen LogP contribution in [0.25, 0.3) is 11.1 Å². The van der Waals surface area contributed by atoms with Crippen molar-refractivity contribution in [3.63, 3.8) is 0 Å². The molecule has 0 aliphatic rings. The molecule has 0 heterocycles. The van der Waals surface area contributed by atoms with Gasteiger partial charge in [-0.25, -0.2) is 0 Å². The van der Waals surface area contributed by atoms with E-state index in [1.165, 1.54) is 0 Å². The standard InChI is InChI=1S/C30H28N2O2/c1-21-15-25(11-13-29(21)31-19-23-7-5-9-27(17-23)33-3)26-12-14-30(22(2)16-26)32-20-24-8-6-10-28(18-24)34-4/h5-20H,1-4H3. The third-order valence-electron chi connectivity index (χ3n) is 5.62. The Morgan fingerprint density at radius 3 is 1.38 bits per heavy atom. The zero-order chi connectivity index (χ0) is 23.9. The maximum absolute atomic E-state index is 5.29. The van der Waals surface area contributed by atoms with Crippen LogP contribution in [0.5, 0.6) is 11.5 Å². The molecule has 0 bridgehead atoms. The lowest BCUT2D eigenvalue weighted by atomic mass is 10.00. The lowest BCUT2D eigenvalue weighted by molar-refractivity contribution is 0.414. The Hall–Kier alpha value is -4.18. The van der Waals surface area contributed by atoms with Gasteiger partial charge in [-0.3, -0.25) is 9.98 Å². The van der Waals surface area contributed by atoms with E-state index in [9.17, 15) is 0 Å². The summed E-state index contributed by atoms with van der Waals surface area (Å²) in [6.07, 6.45) is 3.73. The average Bonchev–Trinajstić information content (AvgIpc) is 2.87. The molecule has 4 aromatic carbocycles. The van der Waals surface area contributed by atoms with Crippen LogP contribution in [0.4, 0.5) is 11.4 Å². The van der Waals surface area contributed by atoms with Gasteiger partial charge < -0.3 is 9.47 Å². The van der Waals surface area contributed by atoms with E-state index >= 15 is 0 Å². The van der Waals surface area contributed by atoms with Crippen molar-refractivity contribution in [2.75, 3.05) is 14.2 Å². The fourth-order valence-electron chi connectivity index (χ4n) is 3.69. The molecule has 170 valence electrons. The summed E-state index contributed by atoms with van der Waals surface area (Å²) in [5, 5.41) is 0. The quantitative estimate of drug-likeness (QED) is 0.275. The molecule has 0 unspecified atom stereocenters.